The fourth-order valence-electron chi connectivity index (χ4n) is 4.99. The van der Waals surface area contributed by atoms with Gasteiger partial charge in [-0.05, 0) is 42.9 Å². The van der Waals surface area contributed by atoms with E-state index in [-0.39, 0.29) is 11.9 Å². The molecule has 4 atom stereocenters. The third-order valence-electron chi connectivity index (χ3n) is 6.61. The number of amides is 1. The van der Waals surface area contributed by atoms with Crippen molar-refractivity contribution < 1.29 is 9.90 Å². The van der Waals surface area contributed by atoms with Crippen LogP contribution in [0.5, 0.6) is 0 Å². The molecule has 0 radical (unpaired) electrons. The summed E-state index contributed by atoms with van der Waals surface area (Å²) in [6, 6.07) is 17.3. The fourth-order valence-corrected chi connectivity index (χ4v) is 4.99. The van der Waals surface area contributed by atoms with Crippen molar-refractivity contribution in [3.63, 3.8) is 0 Å². The molecule has 2 N–H and O–H groups in total. The summed E-state index contributed by atoms with van der Waals surface area (Å²) in [6.07, 6.45) is 2.73. The first-order valence-electron chi connectivity index (χ1n) is 10.8. The number of carbonyl (C=O) groups is 1. The highest BCUT2D eigenvalue weighted by Crippen LogP contribution is 2.38. The van der Waals surface area contributed by atoms with Gasteiger partial charge < -0.3 is 15.3 Å². The zero-order chi connectivity index (χ0) is 21.4. The van der Waals surface area contributed by atoms with E-state index in [1.54, 1.807) is 17.8 Å². The zero-order valence-electron chi connectivity index (χ0n) is 17.6. The van der Waals surface area contributed by atoms with Gasteiger partial charge in [0.05, 0.1) is 17.8 Å². The number of benzene rings is 1. The van der Waals surface area contributed by atoms with Crippen LogP contribution in [0.2, 0.25) is 0 Å². The van der Waals surface area contributed by atoms with E-state index in [4.69, 9.17) is 0 Å². The Labute approximate surface area is 181 Å². The molecule has 7 heteroatoms. The van der Waals surface area contributed by atoms with Crippen LogP contribution in [0.15, 0.2) is 60.8 Å². The second-order valence-corrected chi connectivity index (χ2v) is 8.64. The lowest BCUT2D eigenvalue weighted by Crippen LogP contribution is -2.49. The molecule has 1 aliphatic heterocycles. The van der Waals surface area contributed by atoms with Gasteiger partial charge in [-0.25, -0.2) is 4.98 Å². The van der Waals surface area contributed by atoms with Crippen molar-refractivity contribution in [2.45, 2.75) is 25.0 Å². The smallest absolute Gasteiger partial charge is 0.269 e. The maximum Gasteiger partial charge on any atom is 0.269 e. The van der Waals surface area contributed by atoms with Gasteiger partial charge in [0, 0.05) is 31.9 Å². The van der Waals surface area contributed by atoms with Gasteiger partial charge in [0.25, 0.3) is 5.91 Å². The summed E-state index contributed by atoms with van der Waals surface area (Å²) >= 11 is 0. The monoisotopic (exact) mass is 417 g/mol. The van der Waals surface area contributed by atoms with Crippen LogP contribution < -0.4 is 10.2 Å². The van der Waals surface area contributed by atoms with Crippen molar-refractivity contribution >= 4 is 11.7 Å². The molecule has 0 spiro atoms. The van der Waals surface area contributed by atoms with Crippen LogP contribution in [0.25, 0.3) is 11.3 Å². The quantitative estimate of drug-likeness (QED) is 0.682. The number of aryl methyl sites for hydroxylation is 1. The highest BCUT2D eigenvalue weighted by Gasteiger charge is 2.42. The highest BCUT2D eigenvalue weighted by atomic mass is 16.3. The normalized spacial score (nSPS) is 25.3. The summed E-state index contributed by atoms with van der Waals surface area (Å²) in [4.78, 5) is 19.8. The predicted molar refractivity (Wildman–Crippen MR) is 119 cm³/mol. The van der Waals surface area contributed by atoms with Crippen molar-refractivity contribution in [1.29, 1.82) is 0 Å². The summed E-state index contributed by atoms with van der Waals surface area (Å²) in [6.45, 7) is 1.81. The molecule has 1 aliphatic carbocycles. The lowest BCUT2D eigenvalue weighted by molar-refractivity contribution is 0.0459. The van der Waals surface area contributed by atoms with Crippen LogP contribution in [-0.4, -0.2) is 51.0 Å². The maximum atomic E-state index is 13.0. The van der Waals surface area contributed by atoms with E-state index in [1.165, 1.54) is 0 Å². The molecule has 3 heterocycles. The molecule has 2 aliphatic rings. The number of nitrogens with one attached hydrogen (secondary N) is 1. The average molecular weight is 418 g/mol. The third-order valence-corrected chi connectivity index (χ3v) is 6.61. The van der Waals surface area contributed by atoms with Crippen molar-refractivity contribution in [2.75, 3.05) is 18.0 Å². The Balaban J connectivity index is 1.27. The topological polar surface area (TPSA) is 83.3 Å². The van der Waals surface area contributed by atoms with E-state index in [9.17, 15) is 9.90 Å². The van der Waals surface area contributed by atoms with Gasteiger partial charge in [0.15, 0.2) is 0 Å². The number of aliphatic hydroxyl groups excluding tert-OH is 1. The molecule has 5 rings (SSSR count). The number of aromatic nitrogens is 3. The first-order valence-corrected chi connectivity index (χ1v) is 10.8. The van der Waals surface area contributed by atoms with Crippen LogP contribution in [0.1, 0.15) is 23.3 Å². The summed E-state index contributed by atoms with van der Waals surface area (Å²) in [5.74, 6) is 1.64. The molecule has 0 unspecified atom stereocenters. The standard InChI is InChI=1S/C24H27N5O2/c1-28-21(13-19(27-28)16-7-3-2-4-8-16)24(31)26-20-11-17-14-29(15-18(17)12-22(20)30)23-9-5-6-10-25-23/h2-10,13,17-18,20,22,30H,11-12,14-15H2,1H3,(H,26,31)/t17-,18+,20-,22-/m0/s1. The lowest BCUT2D eigenvalue weighted by atomic mass is 9.77. The zero-order valence-corrected chi connectivity index (χ0v) is 17.6. The molecule has 1 saturated carbocycles. The van der Waals surface area contributed by atoms with Crippen molar-refractivity contribution in [1.82, 2.24) is 20.1 Å². The van der Waals surface area contributed by atoms with Gasteiger partial charge >= 0.3 is 0 Å². The first-order chi connectivity index (χ1) is 15.1. The van der Waals surface area contributed by atoms with E-state index < -0.39 is 6.10 Å². The van der Waals surface area contributed by atoms with E-state index in [0.29, 0.717) is 24.0 Å². The summed E-state index contributed by atoms with van der Waals surface area (Å²) in [7, 11) is 1.77. The molecule has 2 fully saturated rings. The van der Waals surface area contributed by atoms with Gasteiger partial charge in [-0.3, -0.25) is 9.48 Å². The molecule has 160 valence electrons. The maximum absolute atomic E-state index is 13.0. The first kappa shape index (κ1) is 19.8. The Morgan fingerprint density at radius 3 is 2.55 bits per heavy atom. The van der Waals surface area contributed by atoms with Gasteiger partial charge in [-0.2, -0.15) is 5.10 Å². The molecule has 31 heavy (non-hydrogen) atoms. The lowest BCUT2D eigenvalue weighted by Gasteiger charge is -2.35. The van der Waals surface area contributed by atoms with Crippen LogP contribution in [-0.2, 0) is 7.05 Å². The Hall–Kier alpha value is -3.19. The van der Waals surface area contributed by atoms with Crippen LogP contribution >= 0.6 is 0 Å². The van der Waals surface area contributed by atoms with E-state index in [0.717, 1.165) is 36.6 Å². The molecule has 0 bridgehead atoms. The van der Waals surface area contributed by atoms with Gasteiger partial charge in [0.1, 0.15) is 11.5 Å². The summed E-state index contributed by atoms with van der Waals surface area (Å²) < 4.78 is 1.61. The number of carbonyl (C=O) groups excluding carboxylic acids is 1. The number of hydrogen-bond acceptors (Lipinski definition) is 5. The number of nitrogens with zero attached hydrogens (tertiary/aromatic N) is 4. The number of hydrogen-bond donors (Lipinski definition) is 2. The van der Waals surface area contributed by atoms with Gasteiger partial charge in [-0.15, -0.1) is 0 Å². The average Bonchev–Trinajstić information content (AvgIpc) is 3.38. The second-order valence-electron chi connectivity index (χ2n) is 8.64. The Kier molecular flexibility index (Phi) is 5.19. The largest absolute Gasteiger partial charge is 0.391 e. The molecule has 2 aromatic heterocycles. The SMILES string of the molecule is Cn1nc(-c2ccccc2)cc1C(=O)N[C@H]1C[C@H]2CN(c3ccccn3)C[C@H]2C[C@@H]1O. The minimum absolute atomic E-state index is 0.195. The van der Waals surface area contributed by atoms with Crippen molar-refractivity contribution in [3.05, 3.63) is 66.5 Å². The fraction of sp³-hybridized carbons (Fsp3) is 0.375. The minimum Gasteiger partial charge on any atom is -0.391 e. The molecule has 3 aromatic rings. The molecule has 1 aromatic carbocycles. The van der Waals surface area contributed by atoms with Gasteiger partial charge in [-0.1, -0.05) is 36.4 Å². The van der Waals surface area contributed by atoms with Crippen molar-refractivity contribution in [3.8, 4) is 11.3 Å². The molecule has 1 saturated heterocycles. The number of aliphatic hydroxyl groups is 1. The third kappa shape index (κ3) is 3.93. The minimum atomic E-state index is -0.546. The molecule has 1 amide bonds. The summed E-state index contributed by atoms with van der Waals surface area (Å²) in [5.41, 5.74) is 2.23. The number of rotatable bonds is 4. The second kappa shape index (κ2) is 8.15. The Morgan fingerprint density at radius 1 is 1.06 bits per heavy atom. The molecular weight excluding hydrogens is 390 g/mol. The van der Waals surface area contributed by atoms with Gasteiger partial charge in [0.2, 0.25) is 0 Å². The Morgan fingerprint density at radius 2 is 1.81 bits per heavy atom. The number of fused-ring (bicyclic) bond motifs is 1. The molecule has 7 nitrogen and oxygen atoms in total. The van der Waals surface area contributed by atoms with E-state index >= 15 is 0 Å². The van der Waals surface area contributed by atoms with Crippen LogP contribution in [0.3, 0.4) is 0 Å². The highest BCUT2D eigenvalue weighted by molar-refractivity contribution is 5.94. The van der Waals surface area contributed by atoms with Crippen LogP contribution in [0.4, 0.5) is 5.82 Å². The Bertz CT molecular complexity index is 1050. The number of pyridine rings is 1. The van der Waals surface area contributed by atoms with E-state index in [2.05, 4.69) is 20.3 Å². The summed E-state index contributed by atoms with van der Waals surface area (Å²) in [5, 5.41) is 18.3. The molecular formula is C24H27N5O2. The predicted octanol–water partition coefficient (Wildman–Crippen LogP) is 2.49. The number of anilines is 1. The van der Waals surface area contributed by atoms with E-state index in [1.807, 2.05) is 54.7 Å². The van der Waals surface area contributed by atoms with Crippen LogP contribution in [0, 0.1) is 11.8 Å². The van der Waals surface area contributed by atoms with Crippen molar-refractivity contribution in [2.24, 2.45) is 18.9 Å².